The number of aliphatic hydroxyl groups excluding tert-OH is 1. The summed E-state index contributed by atoms with van der Waals surface area (Å²) < 4.78 is 10.7. The first-order chi connectivity index (χ1) is 9.38. The van der Waals surface area contributed by atoms with Crippen LogP contribution in [0.3, 0.4) is 0 Å². The summed E-state index contributed by atoms with van der Waals surface area (Å²) in [4.78, 5) is 25.8. The van der Waals surface area contributed by atoms with Crippen molar-refractivity contribution in [3.05, 3.63) is 0 Å². The summed E-state index contributed by atoms with van der Waals surface area (Å²) in [5.74, 6) is -0.469. The van der Waals surface area contributed by atoms with Gasteiger partial charge >= 0.3 is 12.1 Å². The van der Waals surface area contributed by atoms with E-state index in [1.807, 2.05) is 0 Å². The lowest BCUT2D eigenvalue weighted by Crippen LogP contribution is -2.44. The van der Waals surface area contributed by atoms with E-state index in [0.717, 1.165) is 0 Å². The quantitative estimate of drug-likeness (QED) is 0.789. The Balaban J connectivity index is 2.76. The summed E-state index contributed by atoms with van der Waals surface area (Å²) in [7, 11) is 0. The molecule has 0 radical (unpaired) electrons. The normalized spacial score (nSPS) is 23.1. The Morgan fingerprint density at radius 2 is 1.62 bits per heavy atom. The van der Waals surface area contributed by atoms with Crippen LogP contribution in [0.5, 0.6) is 0 Å². The smallest absolute Gasteiger partial charge is 0.410 e. The molecule has 1 aliphatic heterocycles. The predicted molar refractivity (Wildman–Crippen MR) is 77.8 cm³/mol. The van der Waals surface area contributed by atoms with Gasteiger partial charge in [0.2, 0.25) is 0 Å². The molecule has 1 atom stereocenters. The molecule has 0 spiro atoms. The van der Waals surface area contributed by atoms with Crippen LogP contribution < -0.4 is 0 Å². The maximum atomic E-state index is 12.3. The molecule has 1 fully saturated rings. The second-order valence-electron chi connectivity index (χ2n) is 7.59. The lowest BCUT2D eigenvalue weighted by Gasteiger charge is -2.30. The third-order valence-corrected chi connectivity index (χ3v) is 3.14. The molecule has 0 aromatic rings. The highest BCUT2D eigenvalue weighted by Gasteiger charge is 2.48. The Labute approximate surface area is 126 Å². The van der Waals surface area contributed by atoms with Crippen LogP contribution in [0.1, 0.15) is 48.0 Å². The molecule has 1 N–H and O–H groups in total. The largest absolute Gasteiger partial charge is 0.459 e. The number of amides is 1. The fourth-order valence-electron chi connectivity index (χ4n) is 2.10. The van der Waals surface area contributed by atoms with Gasteiger partial charge in [-0.3, -0.25) is 4.79 Å². The second kappa shape index (κ2) is 5.83. The number of rotatable bonds is 2. The van der Waals surface area contributed by atoms with E-state index in [-0.39, 0.29) is 13.2 Å². The topological polar surface area (TPSA) is 76.1 Å². The number of esters is 1. The van der Waals surface area contributed by atoms with Gasteiger partial charge in [0.15, 0.2) is 0 Å². The zero-order chi connectivity index (χ0) is 16.5. The molecule has 1 amide bonds. The van der Waals surface area contributed by atoms with Crippen molar-refractivity contribution in [1.29, 1.82) is 0 Å². The molecule has 0 bridgehead atoms. The number of ether oxygens (including phenoxy) is 2. The SMILES string of the molecule is CC(C)(C)OC(=O)N1CCC(CO)(C(=O)OC(C)(C)C)C1. The van der Waals surface area contributed by atoms with Gasteiger partial charge in [-0.1, -0.05) is 0 Å². The van der Waals surface area contributed by atoms with Crippen LogP contribution in [0.25, 0.3) is 0 Å². The van der Waals surface area contributed by atoms with Crippen LogP contribution in [-0.2, 0) is 14.3 Å². The first-order valence-electron chi connectivity index (χ1n) is 7.21. The summed E-state index contributed by atoms with van der Waals surface area (Å²) in [6, 6.07) is 0. The highest BCUT2D eigenvalue weighted by Crippen LogP contribution is 2.33. The van der Waals surface area contributed by atoms with Crippen molar-refractivity contribution < 1.29 is 24.2 Å². The average molecular weight is 301 g/mol. The predicted octanol–water partition coefficient (Wildman–Crippen LogP) is 1.95. The molecule has 0 saturated carbocycles. The van der Waals surface area contributed by atoms with Gasteiger partial charge in [0.25, 0.3) is 0 Å². The maximum absolute atomic E-state index is 12.3. The second-order valence-corrected chi connectivity index (χ2v) is 7.59. The monoisotopic (exact) mass is 301 g/mol. The third-order valence-electron chi connectivity index (χ3n) is 3.14. The molecule has 21 heavy (non-hydrogen) atoms. The van der Waals surface area contributed by atoms with Crippen LogP contribution in [0, 0.1) is 5.41 Å². The van der Waals surface area contributed by atoms with Gasteiger partial charge in [0.1, 0.15) is 16.6 Å². The Hall–Kier alpha value is -1.30. The summed E-state index contributed by atoms with van der Waals surface area (Å²) >= 11 is 0. The number of carbonyl (C=O) groups is 2. The van der Waals surface area contributed by atoms with E-state index in [2.05, 4.69) is 0 Å². The van der Waals surface area contributed by atoms with Gasteiger partial charge in [-0.2, -0.15) is 0 Å². The number of nitrogens with zero attached hydrogens (tertiary/aromatic N) is 1. The zero-order valence-electron chi connectivity index (χ0n) is 13.9. The first-order valence-corrected chi connectivity index (χ1v) is 7.21. The summed E-state index contributed by atoms with van der Waals surface area (Å²) in [6.07, 6.45) is -0.0983. The van der Waals surface area contributed by atoms with Gasteiger partial charge in [0.05, 0.1) is 6.61 Å². The van der Waals surface area contributed by atoms with Crippen molar-refractivity contribution in [3.63, 3.8) is 0 Å². The minimum Gasteiger partial charge on any atom is -0.459 e. The van der Waals surface area contributed by atoms with E-state index in [0.29, 0.717) is 13.0 Å². The van der Waals surface area contributed by atoms with Crippen LogP contribution in [0.15, 0.2) is 0 Å². The summed E-state index contributed by atoms with van der Waals surface area (Å²) in [5.41, 5.74) is -2.27. The van der Waals surface area contributed by atoms with Gasteiger partial charge < -0.3 is 19.5 Å². The van der Waals surface area contributed by atoms with Crippen molar-refractivity contribution in [2.24, 2.45) is 5.41 Å². The molecule has 1 heterocycles. The van der Waals surface area contributed by atoms with Crippen molar-refractivity contribution in [2.75, 3.05) is 19.7 Å². The number of aliphatic hydroxyl groups is 1. The van der Waals surface area contributed by atoms with E-state index in [9.17, 15) is 14.7 Å². The lowest BCUT2D eigenvalue weighted by molar-refractivity contribution is -0.169. The van der Waals surface area contributed by atoms with E-state index in [4.69, 9.17) is 9.47 Å². The van der Waals surface area contributed by atoms with Crippen LogP contribution in [0.2, 0.25) is 0 Å². The van der Waals surface area contributed by atoms with E-state index in [1.54, 1.807) is 41.5 Å². The molecule has 0 aliphatic carbocycles. The molecule has 1 rings (SSSR count). The molecule has 0 aromatic heterocycles. The minimum atomic E-state index is -1.05. The maximum Gasteiger partial charge on any atom is 0.410 e. The zero-order valence-corrected chi connectivity index (χ0v) is 13.9. The summed E-state index contributed by atoms with van der Waals surface area (Å²) in [5, 5.41) is 9.64. The Morgan fingerprint density at radius 3 is 2.05 bits per heavy atom. The number of hydrogen-bond acceptors (Lipinski definition) is 5. The lowest BCUT2D eigenvalue weighted by atomic mass is 9.88. The highest BCUT2D eigenvalue weighted by molar-refractivity contribution is 5.80. The van der Waals surface area contributed by atoms with Crippen LogP contribution >= 0.6 is 0 Å². The van der Waals surface area contributed by atoms with Crippen LogP contribution in [-0.4, -0.2) is 53.0 Å². The Morgan fingerprint density at radius 1 is 1.10 bits per heavy atom. The van der Waals surface area contributed by atoms with Crippen molar-refractivity contribution in [3.8, 4) is 0 Å². The first kappa shape index (κ1) is 17.8. The fourth-order valence-corrected chi connectivity index (χ4v) is 2.10. The molecule has 6 nitrogen and oxygen atoms in total. The Kier molecular flexibility index (Phi) is 4.93. The molecule has 1 unspecified atom stereocenters. The minimum absolute atomic E-state index is 0.118. The highest BCUT2D eigenvalue weighted by atomic mass is 16.6. The van der Waals surface area contributed by atoms with Crippen LogP contribution in [0.4, 0.5) is 4.79 Å². The molecule has 0 aromatic carbocycles. The molecular weight excluding hydrogens is 274 g/mol. The summed E-state index contributed by atoms with van der Waals surface area (Å²) in [6.45, 7) is 10.8. The van der Waals surface area contributed by atoms with E-state index in [1.165, 1.54) is 4.90 Å². The molecule has 122 valence electrons. The standard InChI is InChI=1S/C15H27NO5/c1-13(2,3)20-11(18)15(10-17)7-8-16(9-15)12(19)21-14(4,5)6/h17H,7-10H2,1-6H3. The van der Waals surface area contributed by atoms with Gasteiger partial charge in [-0.05, 0) is 48.0 Å². The number of hydrogen-bond donors (Lipinski definition) is 1. The van der Waals surface area contributed by atoms with Crippen molar-refractivity contribution in [1.82, 2.24) is 4.90 Å². The average Bonchev–Trinajstić information content (AvgIpc) is 2.69. The fraction of sp³-hybridized carbons (Fsp3) is 0.867. The molecule has 1 saturated heterocycles. The molecule has 1 aliphatic rings. The van der Waals surface area contributed by atoms with E-state index >= 15 is 0 Å². The number of likely N-dealkylation sites (tertiary alicyclic amines) is 1. The number of carbonyl (C=O) groups excluding carboxylic acids is 2. The van der Waals surface area contributed by atoms with Gasteiger partial charge in [-0.15, -0.1) is 0 Å². The molecule has 6 heteroatoms. The van der Waals surface area contributed by atoms with Gasteiger partial charge in [0, 0.05) is 13.1 Å². The van der Waals surface area contributed by atoms with E-state index < -0.39 is 28.7 Å². The van der Waals surface area contributed by atoms with Crippen molar-refractivity contribution >= 4 is 12.1 Å². The Bertz CT molecular complexity index is 407. The molecular formula is C15H27NO5. The van der Waals surface area contributed by atoms with Crippen molar-refractivity contribution in [2.45, 2.75) is 59.2 Å². The third kappa shape index (κ3) is 4.88. The van der Waals surface area contributed by atoms with Gasteiger partial charge in [-0.25, -0.2) is 4.79 Å².